The molecule has 0 spiro atoms. The van der Waals surface area contributed by atoms with Gasteiger partial charge in [-0.15, -0.1) is 0 Å². The minimum atomic E-state index is -3.63. The van der Waals surface area contributed by atoms with E-state index in [0.29, 0.717) is 12.2 Å². The summed E-state index contributed by atoms with van der Waals surface area (Å²) >= 11 is 0. The van der Waals surface area contributed by atoms with Gasteiger partial charge in [0.1, 0.15) is 5.82 Å². The van der Waals surface area contributed by atoms with Crippen molar-refractivity contribution in [1.82, 2.24) is 14.3 Å². The van der Waals surface area contributed by atoms with Crippen molar-refractivity contribution >= 4 is 10.0 Å². The summed E-state index contributed by atoms with van der Waals surface area (Å²) in [5.74, 6) is 0.624. The van der Waals surface area contributed by atoms with Crippen molar-refractivity contribution in [2.45, 2.75) is 37.8 Å². The quantitative estimate of drug-likeness (QED) is 0.840. The lowest BCUT2D eigenvalue weighted by atomic mass is 10.2. The van der Waals surface area contributed by atoms with Crippen LogP contribution in [0.15, 0.2) is 11.2 Å². The van der Waals surface area contributed by atoms with Crippen LogP contribution in [0.4, 0.5) is 0 Å². The van der Waals surface area contributed by atoms with Crippen LogP contribution in [0.3, 0.4) is 0 Å². The predicted molar refractivity (Wildman–Crippen MR) is 62.6 cm³/mol. The zero-order chi connectivity index (χ0) is 13.1. The molecule has 1 N–H and O–H groups in total. The summed E-state index contributed by atoms with van der Waals surface area (Å²) in [6.07, 6.45) is 2.18. The first-order chi connectivity index (χ1) is 7.90. The van der Waals surface area contributed by atoms with E-state index in [-0.39, 0.29) is 17.5 Å². The van der Waals surface area contributed by atoms with E-state index in [9.17, 15) is 8.42 Å². The second kappa shape index (κ2) is 5.29. The zero-order valence-corrected chi connectivity index (χ0v) is 11.0. The molecule has 0 aliphatic heterocycles. The van der Waals surface area contributed by atoms with Crippen LogP contribution in [-0.4, -0.2) is 24.0 Å². The summed E-state index contributed by atoms with van der Waals surface area (Å²) in [6.45, 7) is 3.56. The molecule has 1 unspecified atom stereocenters. The Labute approximate surface area is 101 Å². The van der Waals surface area contributed by atoms with Crippen LogP contribution < -0.4 is 4.72 Å². The lowest BCUT2D eigenvalue weighted by molar-refractivity contribution is 0.540. The fraction of sp³-hybridized carbons (Fsp3) is 0.600. The lowest BCUT2D eigenvalue weighted by Gasteiger charge is -2.12. The zero-order valence-electron chi connectivity index (χ0n) is 10.1. The molecule has 1 aromatic rings. The fourth-order valence-corrected chi connectivity index (χ4v) is 2.67. The Morgan fingerprint density at radius 2 is 2.29 bits per heavy atom. The second-order valence-electron chi connectivity index (χ2n) is 3.83. The maximum absolute atomic E-state index is 11.9. The maximum Gasteiger partial charge on any atom is 0.259 e. The number of nitriles is 1. The number of hydrogen-bond donors (Lipinski definition) is 1. The minimum absolute atomic E-state index is 0.00566. The molecule has 0 saturated carbocycles. The van der Waals surface area contributed by atoms with Crippen LogP contribution >= 0.6 is 0 Å². The molecule has 1 atom stereocenters. The van der Waals surface area contributed by atoms with Gasteiger partial charge in [0.15, 0.2) is 5.03 Å². The van der Waals surface area contributed by atoms with Crippen molar-refractivity contribution in [3.05, 3.63) is 12.0 Å². The molecule has 0 amide bonds. The summed E-state index contributed by atoms with van der Waals surface area (Å²) in [6, 6.07) is 1.59. The van der Waals surface area contributed by atoms with E-state index in [1.807, 2.05) is 13.0 Å². The number of sulfonamides is 1. The first-order valence-electron chi connectivity index (χ1n) is 5.30. The van der Waals surface area contributed by atoms with E-state index in [2.05, 4.69) is 9.71 Å². The highest BCUT2D eigenvalue weighted by Crippen LogP contribution is 2.10. The van der Waals surface area contributed by atoms with Gasteiger partial charge in [-0.05, 0) is 13.3 Å². The molecule has 0 aliphatic carbocycles. The van der Waals surface area contributed by atoms with E-state index >= 15 is 0 Å². The van der Waals surface area contributed by atoms with Gasteiger partial charge in [-0.3, -0.25) is 0 Å². The molecule has 6 nitrogen and oxygen atoms in total. The number of aromatic nitrogens is 2. The summed E-state index contributed by atoms with van der Waals surface area (Å²) < 4.78 is 28.0. The molecular weight excluding hydrogens is 240 g/mol. The Bertz CT molecular complexity index is 507. The van der Waals surface area contributed by atoms with Crippen LogP contribution in [0.2, 0.25) is 0 Å². The average Bonchev–Trinajstić information content (AvgIpc) is 2.59. The molecular formula is C10H16N4O2S. The number of rotatable bonds is 5. The van der Waals surface area contributed by atoms with Crippen molar-refractivity contribution in [2.24, 2.45) is 7.05 Å². The van der Waals surface area contributed by atoms with E-state index in [1.165, 1.54) is 6.20 Å². The fourth-order valence-electron chi connectivity index (χ4n) is 1.32. The van der Waals surface area contributed by atoms with Gasteiger partial charge in [-0.1, -0.05) is 6.92 Å². The first-order valence-corrected chi connectivity index (χ1v) is 6.78. The largest absolute Gasteiger partial charge is 0.337 e. The van der Waals surface area contributed by atoms with Crippen LogP contribution in [-0.2, 0) is 17.1 Å². The van der Waals surface area contributed by atoms with Gasteiger partial charge in [0.05, 0.1) is 12.5 Å². The third-order valence-corrected chi connectivity index (χ3v) is 3.91. The monoisotopic (exact) mass is 256 g/mol. The van der Waals surface area contributed by atoms with Gasteiger partial charge >= 0.3 is 0 Å². The van der Waals surface area contributed by atoms with Crippen molar-refractivity contribution in [1.29, 1.82) is 5.26 Å². The Morgan fingerprint density at radius 1 is 1.65 bits per heavy atom. The highest BCUT2D eigenvalue weighted by Gasteiger charge is 2.21. The normalized spacial score (nSPS) is 13.3. The SMILES string of the molecule is CCC(CC#N)NS(=O)(=O)c1cn(C)c(C)n1. The van der Waals surface area contributed by atoms with E-state index in [1.54, 1.807) is 18.5 Å². The number of nitrogens with zero attached hydrogens (tertiary/aromatic N) is 3. The first kappa shape index (κ1) is 13.7. The van der Waals surface area contributed by atoms with Crippen LogP contribution in [0, 0.1) is 18.3 Å². The molecule has 1 rings (SSSR count). The molecule has 1 aromatic heterocycles. The topological polar surface area (TPSA) is 87.8 Å². The molecule has 0 fully saturated rings. The summed E-state index contributed by atoms with van der Waals surface area (Å²) in [5.41, 5.74) is 0. The average molecular weight is 256 g/mol. The van der Waals surface area contributed by atoms with Crippen molar-refractivity contribution in [2.75, 3.05) is 0 Å². The Hall–Kier alpha value is -1.39. The molecule has 17 heavy (non-hydrogen) atoms. The highest BCUT2D eigenvalue weighted by molar-refractivity contribution is 7.89. The summed E-state index contributed by atoms with van der Waals surface area (Å²) in [5, 5.41) is 8.57. The van der Waals surface area contributed by atoms with Gasteiger partial charge in [0.2, 0.25) is 0 Å². The van der Waals surface area contributed by atoms with Gasteiger partial charge in [-0.25, -0.2) is 18.1 Å². The Kier molecular flexibility index (Phi) is 4.26. The third-order valence-electron chi connectivity index (χ3n) is 2.51. The van der Waals surface area contributed by atoms with Crippen LogP contribution in [0.5, 0.6) is 0 Å². The number of hydrogen-bond acceptors (Lipinski definition) is 4. The molecule has 0 saturated heterocycles. The van der Waals surface area contributed by atoms with Crippen LogP contribution in [0.25, 0.3) is 0 Å². The van der Waals surface area contributed by atoms with Crippen LogP contribution in [0.1, 0.15) is 25.6 Å². The Morgan fingerprint density at radius 3 is 2.71 bits per heavy atom. The second-order valence-corrected chi connectivity index (χ2v) is 5.49. The molecule has 0 bridgehead atoms. The molecule has 0 aliphatic rings. The minimum Gasteiger partial charge on any atom is -0.337 e. The van der Waals surface area contributed by atoms with Crippen molar-refractivity contribution in [3.8, 4) is 6.07 Å². The van der Waals surface area contributed by atoms with Crippen molar-refractivity contribution in [3.63, 3.8) is 0 Å². The Balaban J connectivity index is 2.92. The number of aryl methyl sites for hydroxylation is 2. The molecule has 7 heteroatoms. The van der Waals surface area contributed by atoms with E-state index in [0.717, 1.165) is 0 Å². The van der Waals surface area contributed by atoms with Gasteiger partial charge in [0.25, 0.3) is 10.0 Å². The summed E-state index contributed by atoms with van der Waals surface area (Å²) in [7, 11) is -1.90. The van der Waals surface area contributed by atoms with Crippen molar-refractivity contribution < 1.29 is 8.42 Å². The molecule has 0 aromatic carbocycles. The maximum atomic E-state index is 11.9. The number of imidazole rings is 1. The van der Waals surface area contributed by atoms with E-state index in [4.69, 9.17) is 5.26 Å². The summed E-state index contributed by atoms with van der Waals surface area (Å²) in [4.78, 5) is 3.96. The van der Waals surface area contributed by atoms with Gasteiger partial charge < -0.3 is 4.57 Å². The molecule has 94 valence electrons. The smallest absolute Gasteiger partial charge is 0.259 e. The molecule has 1 heterocycles. The predicted octanol–water partition coefficient (Wildman–Crippen LogP) is 0.699. The highest BCUT2D eigenvalue weighted by atomic mass is 32.2. The van der Waals surface area contributed by atoms with Gasteiger partial charge in [0, 0.05) is 19.3 Å². The number of nitrogens with one attached hydrogen (secondary N) is 1. The molecule has 0 radical (unpaired) electrons. The standard InChI is InChI=1S/C10H16N4O2S/c1-4-9(5-6-11)13-17(15,16)10-7-14(3)8(2)12-10/h7,9,13H,4-5H2,1-3H3. The van der Waals surface area contributed by atoms with E-state index < -0.39 is 10.0 Å². The third kappa shape index (κ3) is 3.28. The van der Waals surface area contributed by atoms with Gasteiger partial charge in [-0.2, -0.15) is 5.26 Å². The lowest BCUT2D eigenvalue weighted by Crippen LogP contribution is -2.34.